The number of aliphatic carboxylic acids is 1. The van der Waals surface area contributed by atoms with Crippen molar-refractivity contribution in [3.05, 3.63) is 68.8 Å². The molecule has 2 rings (SSSR count). The van der Waals surface area contributed by atoms with Crippen molar-refractivity contribution < 1.29 is 19.4 Å². The molecule has 28 heavy (non-hydrogen) atoms. The minimum Gasteiger partial charge on any atom is -0.481 e. The smallest absolute Gasteiger partial charge is 0.341 e. The van der Waals surface area contributed by atoms with E-state index in [1.807, 2.05) is 59.0 Å². The van der Waals surface area contributed by atoms with Crippen LogP contribution < -0.4 is 10.1 Å². The summed E-state index contributed by atoms with van der Waals surface area (Å²) in [5.74, 6) is -1.05. The summed E-state index contributed by atoms with van der Waals surface area (Å²) in [4.78, 5) is 22.8. The Morgan fingerprint density at radius 1 is 1.21 bits per heavy atom. The molecule has 7 heteroatoms. The van der Waals surface area contributed by atoms with E-state index in [2.05, 4.69) is 5.32 Å². The highest BCUT2D eigenvalue weighted by atomic mass is 127. The number of nitriles is 1. The molecule has 2 aromatic rings. The zero-order valence-electron chi connectivity index (χ0n) is 15.0. The number of amides is 1. The van der Waals surface area contributed by atoms with Crippen LogP contribution in [-0.4, -0.2) is 30.1 Å². The second-order valence-electron chi connectivity index (χ2n) is 5.89. The van der Waals surface area contributed by atoms with Crippen molar-refractivity contribution in [3.8, 4) is 11.8 Å². The zero-order valence-corrected chi connectivity index (χ0v) is 17.2. The second-order valence-corrected chi connectivity index (χ2v) is 7.05. The SMILES string of the molecule is N#C/C(=C/c1ccc(OCC(=O)O)c(I)c1)C(=O)NCCCc1ccccc1. The highest BCUT2D eigenvalue weighted by Crippen LogP contribution is 2.23. The predicted molar refractivity (Wildman–Crippen MR) is 114 cm³/mol. The number of hydrogen-bond donors (Lipinski definition) is 2. The molecule has 0 aliphatic heterocycles. The first-order valence-electron chi connectivity index (χ1n) is 8.57. The van der Waals surface area contributed by atoms with Crippen LogP contribution in [0.4, 0.5) is 0 Å². The van der Waals surface area contributed by atoms with E-state index in [0.717, 1.165) is 12.8 Å². The van der Waals surface area contributed by atoms with Crippen molar-refractivity contribution in [1.82, 2.24) is 5.32 Å². The van der Waals surface area contributed by atoms with E-state index in [-0.39, 0.29) is 5.57 Å². The first kappa shape index (κ1) is 21.4. The van der Waals surface area contributed by atoms with Gasteiger partial charge in [0.15, 0.2) is 6.61 Å². The van der Waals surface area contributed by atoms with Gasteiger partial charge < -0.3 is 15.2 Å². The molecular weight excluding hydrogens is 471 g/mol. The highest BCUT2D eigenvalue weighted by molar-refractivity contribution is 14.1. The summed E-state index contributed by atoms with van der Waals surface area (Å²) < 4.78 is 5.85. The molecule has 0 aromatic heterocycles. The summed E-state index contributed by atoms with van der Waals surface area (Å²) in [7, 11) is 0. The molecule has 0 aliphatic carbocycles. The fourth-order valence-electron chi connectivity index (χ4n) is 2.41. The number of aryl methyl sites for hydroxylation is 1. The van der Waals surface area contributed by atoms with Gasteiger partial charge in [-0.05, 0) is 64.8 Å². The number of ether oxygens (including phenoxy) is 1. The lowest BCUT2D eigenvalue weighted by molar-refractivity contribution is -0.139. The monoisotopic (exact) mass is 490 g/mol. The third-order valence-electron chi connectivity index (χ3n) is 3.75. The number of carboxylic acid groups (broad SMARTS) is 1. The molecule has 0 atom stereocenters. The lowest BCUT2D eigenvalue weighted by Crippen LogP contribution is -2.25. The Hall–Kier alpha value is -2.86. The van der Waals surface area contributed by atoms with E-state index in [4.69, 9.17) is 9.84 Å². The lowest BCUT2D eigenvalue weighted by atomic mass is 10.1. The van der Waals surface area contributed by atoms with Crippen LogP contribution in [0.25, 0.3) is 6.08 Å². The van der Waals surface area contributed by atoms with Gasteiger partial charge in [0, 0.05) is 6.54 Å². The Morgan fingerprint density at radius 2 is 1.96 bits per heavy atom. The molecule has 0 aliphatic rings. The Kier molecular flexibility index (Phi) is 8.49. The number of benzene rings is 2. The van der Waals surface area contributed by atoms with Crippen LogP contribution in [0.1, 0.15) is 17.5 Å². The molecule has 0 spiro atoms. The van der Waals surface area contributed by atoms with E-state index >= 15 is 0 Å². The molecule has 6 nitrogen and oxygen atoms in total. The maximum absolute atomic E-state index is 12.2. The number of halogens is 1. The Morgan fingerprint density at radius 3 is 2.61 bits per heavy atom. The Bertz CT molecular complexity index is 904. The van der Waals surface area contributed by atoms with Gasteiger partial charge in [0.1, 0.15) is 17.4 Å². The molecule has 0 saturated carbocycles. The molecule has 1 amide bonds. The van der Waals surface area contributed by atoms with E-state index < -0.39 is 18.5 Å². The van der Waals surface area contributed by atoms with Gasteiger partial charge in [0.05, 0.1) is 3.57 Å². The summed E-state index contributed by atoms with van der Waals surface area (Å²) in [6, 6.07) is 16.9. The zero-order chi connectivity index (χ0) is 20.4. The summed E-state index contributed by atoms with van der Waals surface area (Å²) in [5, 5.41) is 20.7. The number of nitrogens with one attached hydrogen (secondary N) is 1. The molecule has 2 aromatic carbocycles. The number of nitrogens with zero attached hydrogens (tertiary/aromatic N) is 1. The molecule has 0 radical (unpaired) electrons. The van der Waals surface area contributed by atoms with E-state index in [1.54, 1.807) is 18.2 Å². The molecule has 0 unspecified atom stereocenters. The Labute approximate surface area is 177 Å². The van der Waals surface area contributed by atoms with Gasteiger partial charge in [0.25, 0.3) is 5.91 Å². The molecule has 0 heterocycles. The van der Waals surface area contributed by atoms with Gasteiger partial charge in [-0.25, -0.2) is 4.79 Å². The standard InChI is InChI=1S/C21H19IN2O4/c22-18-12-16(8-9-19(18)28-14-20(25)26)11-17(13-23)21(27)24-10-4-7-15-5-2-1-3-6-15/h1-3,5-6,8-9,11-12H,4,7,10,14H2,(H,24,27)(H,25,26)/b17-11-. The summed E-state index contributed by atoms with van der Waals surface area (Å²) in [6.45, 7) is 0.0479. The van der Waals surface area contributed by atoms with Crippen molar-refractivity contribution in [2.24, 2.45) is 0 Å². The van der Waals surface area contributed by atoms with Gasteiger partial charge in [-0.2, -0.15) is 5.26 Å². The highest BCUT2D eigenvalue weighted by Gasteiger charge is 2.10. The van der Waals surface area contributed by atoms with Crippen LogP contribution in [0.3, 0.4) is 0 Å². The summed E-state index contributed by atoms with van der Waals surface area (Å²) >= 11 is 2.01. The fraction of sp³-hybridized carbons (Fsp3) is 0.190. The molecular formula is C21H19IN2O4. The van der Waals surface area contributed by atoms with Gasteiger partial charge in [-0.3, -0.25) is 4.79 Å². The minimum atomic E-state index is -1.06. The van der Waals surface area contributed by atoms with Crippen molar-refractivity contribution in [2.75, 3.05) is 13.2 Å². The largest absolute Gasteiger partial charge is 0.481 e. The molecule has 0 bridgehead atoms. The number of carbonyl (C=O) groups is 2. The molecule has 144 valence electrons. The first-order valence-corrected chi connectivity index (χ1v) is 9.65. The average Bonchev–Trinajstić information content (AvgIpc) is 2.69. The molecule has 0 saturated heterocycles. The quantitative estimate of drug-likeness (QED) is 0.243. The van der Waals surface area contributed by atoms with Gasteiger partial charge in [-0.15, -0.1) is 0 Å². The van der Waals surface area contributed by atoms with Crippen LogP contribution in [0, 0.1) is 14.9 Å². The van der Waals surface area contributed by atoms with Crippen molar-refractivity contribution in [3.63, 3.8) is 0 Å². The van der Waals surface area contributed by atoms with Crippen LogP contribution in [0.2, 0.25) is 0 Å². The topological polar surface area (TPSA) is 99.4 Å². The minimum absolute atomic E-state index is 0.00900. The maximum Gasteiger partial charge on any atom is 0.341 e. The lowest BCUT2D eigenvalue weighted by Gasteiger charge is -2.07. The van der Waals surface area contributed by atoms with Crippen molar-refractivity contribution in [1.29, 1.82) is 5.26 Å². The first-order chi connectivity index (χ1) is 13.5. The third kappa shape index (κ3) is 7.04. The predicted octanol–water partition coefficient (Wildman–Crippen LogP) is 3.41. The molecule has 0 fully saturated rings. The number of hydrogen-bond acceptors (Lipinski definition) is 4. The van der Waals surface area contributed by atoms with Crippen LogP contribution >= 0.6 is 22.6 Å². The molecule has 2 N–H and O–H groups in total. The van der Waals surface area contributed by atoms with Crippen LogP contribution in [-0.2, 0) is 16.0 Å². The number of rotatable bonds is 9. The van der Waals surface area contributed by atoms with Gasteiger partial charge >= 0.3 is 5.97 Å². The van der Waals surface area contributed by atoms with Crippen LogP contribution in [0.5, 0.6) is 5.75 Å². The number of carbonyl (C=O) groups excluding carboxylic acids is 1. The average molecular weight is 490 g/mol. The normalized spacial score (nSPS) is 10.8. The second kappa shape index (κ2) is 11.1. The summed E-state index contributed by atoms with van der Waals surface area (Å²) in [5.41, 5.74) is 1.87. The van der Waals surface area contributed by atoms with Gasteiger partial charge in [0.2, 0.25) is 0 Å². The van der Waals surface area contributed by atoms with E-state index in [0.29, 0.717) is 21.4 Å². The van der Waals surface area contributed by atoms with E-state index in [9.17, 15) is 14.9 Å². The fourth-order valence-corrected chi connectivity index (χ4v) is 3.11. The van der Waals surface area contributed by atoms with Crippen LogP contribution in [0.15, 0.2) is 54.1 Å². The van der Waals surface area contributed by atoms with E-state index in [1.165, 1.54) is 11.6 Å². The number of carboxylic acids is 1. The van der Waals surface area contributed by atoms with Gasteiger partial charge in [-0.1, -0.05) is 36.4 Å². The Balaban J connectivity index is 1.92. The third-order valence-corrected chi connectivity index (χ3v) is 4.60. The summed E-state index contributed by atoms with van der Waals surface area (Å²) in [6.07, 6.45) is 3.13. The van der Waals surface area contributed by atoms with Crippen molar-refractivity contribution >= 4 is 40.5 Å². The maximum atomic E-state index is 12.2. The van der Waals surface area contributed by atoms with Crippen molar-refractivity contribution in [2.45, 2.75) is 12.8 Å².